The minimum Gasteiger partial charge on any atom is -1.00 e. The lowest BCUT2D eigenvalue weighted by molar-refractivity contribution is -0.570. The summed E-state index contributed by atoms with van der Waals surface area (Å²) in [6.45, 7) is 6.18. The Hall–Kier alpha value is -1.87. The molecular weight excluding hydrogens is 272 g/mol. The Morgan fingerprint density at radius 3 is 2.05 bits per heavy atom. The highest BCUT2D eigenvalue weighted by Crippen LogP contribution is 2.10. The minimum atomic E-state index is -0.00769. The predicted octanol–water partition coefficient (Wildman–Crippen LogP) is -0.487. The molecule has 106 valence electrons. The van der Waals surface area contributed by atoms with Gasteiger partial charge in [-0.3, -0.25) is 0 Å². The first-order valence-corrected chi connectivity index (χ1v) is 6.62. The molecule has 0 bridgehead atoms. The fourth-order valence-corrected chi connectivity index (χ4v) is 2.08. The Labute approximate surface area is 126 Å². The summed E-state index contributed by atoms with van der Waals surface area (Å²) in [5.74, 6) is -0.00769. The van der Waals surface area contributed by atoms with Gasteiger partial charge in [-0.15, -0.1) is 4.57 Å². The third-order valence-electron chi connectivity index (χ3n) is 3.20. The second-order valence-corrected chi connectivity index (χ2v) is 4.31. The van der Waals surface area contributed by atoms with Gasteiger partial charge in [0.2, 0.25) is 0 Å². The molecule has 20 heavy (non-hydrogen) atoms. The Bertz CT molecular complexity index is 536. The van der Waals surface area contributed by atoms with Gasteiger partial charge in [0, 0.05) is 30.9 Å². The van der Waals surface area contributed by atoms with Crippen molar-refractivity contribution in [3.63, 3.8) is 0 Å². The number of carbonyl (C=O) groups excluding carboxylic acids is 1. The number of halogens is 1. The van der Waals surface area contributed by atoms with Crippen LogP contribution in [0.15, 0.2) is 54.9 Å². The molecule has 4 heteroatoms. The lowest BCUT2D eigenvalue weighted by Gasteiger charge is -2.19. The number of anilines is 1. The second kappa shape index (κ2) is 7.65. The van der Waals surface area contributed by atoms with Crippen molar-refractivity contribution in [1.82, 2.24) is 0 Å². The topological polar surface area (TPSA) is 24.2 Å². The van der Waals surface area contributed by atoms with Crippen molar-refractivity contribution in [2.75, 3.05) is 18.0 Å². The van der Waals surface area contributed by atoms with Crippen LogP contribution in [0.2, 0.25) is 0 Å². The fraction of sp³-hybridized carbons (Fsp3) is 0.250. The summed E-state index contributed by atoms with van der Waals surface area (Å²) in [4.78, 5) is 14.5. The average Bonchev–Trinajstić information content (AvgIpc) is 2.49. The monoisotopic (exact) mass is 290 g/mol. The van der Waals surface area contributed by atoms with Crippen LogP contribution >= 0.6 is 0 Å². The van der Waals surface area contributed by atoms with Gasteiger partial charge in [0.05, 0.1) is 5.56 Å². The third-order valence-corrected chi connectivity index (χ3v) is 3.20. The molecule has 0 aliphatic rings. The first kappa shape index (κ1) is 16.2. The number of hydrogen-bond donors (Lipinski definition) is 0. The first-order valence-electron chi connectivity index (χ1n) is 6.62. The normalized spacial score (nSPS) is 9.70. The smallest absolute Gasteiger partial charge is 0.424 e. The molecule has 0 amide bonds. The van der Waals surface area contributed by atoms with E-state index in [-0.39, 0.29) is 18.3 Å². The Kier molecular flexibility index (Phi) is 6.19. The van der Waals surface area contributed by atoms with Crippen molar-refractivity contribution in [1.29, 1.82) is 0 Å². The van der Waals surface area contributed by atoms with Crippen LogP contribution in [0.5, 0.6) is 0 Å². The number of benzene rings is 1. The maximum absolute atomic E-state index is 12.2. The van der Waals surface area contributed by atoms with E-state index in [1.54, 1.807) is 4.57 Å². The molecule has 2 rings (SSSR count). The van der Waals surface area contributed by atoms with E-state index in [2.05, 4.69) is 18.7 Å². The molecule has 0 N–H and O–H groups in total. The zero-order valence-electron chi connectivity index (χ0n) is 11.8. The number of carbonyl (C=O) groups is 1. The summed E-state index contributed by atoms with van der Waals surface area (Å²) in [6.07, 6.45) is 3.64. The van der Waals surface area contributed by atoms with Crippen molar-refractivity contribution in [3.8, 4) is 0 Å². The van der Waals surface area contributed by atoms with Crippen molar-refractivity contribution in [2.45, 2.75) is 13.8 Å². The second-order valence-electron chi connectivity index (χ2n) is 4.31. The minimum absolute atomic E-state index is 0. The molecule has 0 atom stereocenters. The van der Waals surface area contributed by atoms with Crippen molar-refractivity contribution >= 4 is 11.6 Å². The summed E-state index contributed by atoms with van der Waals surface area (Å²) in [7, 11) is 0. The van der Waals surface area contributed by atoms with Gasteiger partial charge in [-0.1, -0.05) is 18.2 Å². The maximum atomic E-state index is 12.2. The standard InChI is InChI=1S/C16H19N2O.ClH/c1-3-17(4-2)15-10-12-18(13-11-15)16(19)14-8-6-5-7-9-14;/h5-13H,3-4H2,1-2H3;1H/q+1;/p-1. The molecule has 0 aliphatic heterocycles. The largest absolute Gasteiger partial charge is 1.00 e. The van der Waals surface area contributed by atoms with Crippen LogP contribution in [0, 0.1) is 0 Å². The van der Waals surface area contributed by atoms with Gasteiger partial charge in [0.15, 0.2) is 12.4 Å². The molecule has 0 aliphatic carbocycles. The van der Waals surface area contributed by atoms with Gasteiger partial charge >= 0.3 is 5.91 Å². The van der Waals surface area contributed by atoms with Crippen LogP contribution < -0.4 is 21.9 Å². The number of pyridine rings is 1. The van der Waals surface area contributed by atoms with Gasteiger partial charge in [-0.25, -0.2) is 4.79 Å². The number of nitrogens with zero attached hydrogens (tertiary/aromatic N) is 2. The molecular formula is C16H19ClN2O. The van der Waals surface area contributed by atoms with E-state index in [0.717, 1.165) is 18.8 Å². The summed E-state index contributed by atoms with van der Waals surface area (Å²) < 4.78 is 1.61. The molecule has 1 aromatic carbocycles. The van der Waals surface area contributed by atoms with Crippen LogP contribution in [0.1, 0.15) is 24.2 Å². The quantitative estimate of drug-likeness (QED) is 0.710. The Balaban J connectivity index is 0.00000200. The Morgan fingerprint density at radius 1 is 1.00 bits per heavy atom. The van der Waals surface area contributed by atoms with E-state index in [1.165, 1.54) is 0 Å². The molecule has 0 saturated carbocycles. The van der Waals surface area contributed by atoms with Crippen molar-refractivity contribution in [2.24, 2.45) is 0 Å². The van der Waals surface area contributed by atoms with E-state index in [9.17, 15) is 4.79 Å². The van der Waals surface area contributed by atoms with Crippen LogP contribution in [-0.4, -0.2) is 19.0 Å². The summed E-state index contributed by atoms with van der Waals surface area (Å²) >= 11 is 0. The van der Waals surface area contributed by atoms with E-state index in [0.29, 0.717) is 5.56 Å². The predicted molar refractivity (Wildman–Crippen MR) is 76.4 cm³/mol. The van der Waals surface area contributed by atoms with Crippen LogP contribution in [0.4, 0.5) is 5.69 Å². The molecule has 0 saturated heterocycles. The molecule has 0 unspecified atom stereocenters. The fourth-order valence-electron chi connectivity index (χ4n) is 2.08. The highest BCUT2D eigenvalue weighted by atomic mass is 35.5. The first-order chi connectivity index (χ1) is 9.26. The third kappa shape index (κ3) is 3.58. The molecule has 1 aromatic heterocycles. The Morgan fingerprint density at radius 2 is 1.55 bits per heavy atom. The van der Waals surface area contributed by atoms with E-state index in [1.807, 2.05) is 54.9 Å². The number of aromatic nitrogens is 1. The maximum Gasteiger partial charge on any atom is 0.424 e. The highest BCUT2D eigenvalue weighted by Gasteiger charge is 2.16. The van der Waals surface area contributed by atoms with Crippen molar-refractivity contribution < 1.29 is 21.8 Å². The molecule has 2 aromatic rings. The number of hydrogen-bond acceptors (Lipinski definition) is 2. The summed E-state index contributed by atoms with van der Waals surface area (Å²) in [5, 5.41) is 0. The average molecular weight is 291 g/mol. The zero-order chi connectivity index (χ0) is 13.7. The van der Waals surface area contributed by atoms with Gasteiger partial charge in [0.25, 0.3) is 0 Å². The van der Waals surface area contributed by atoms with E-state index >= 15 is 0 Å². The highest BCUT2D eigenvalue weighted by molar-refractivity contribution is 5.86. The van der Waals surface area contributed by atoms with Crippen LogP contribution in [0.25, 0.3) is 0 Å². The zero-order valence-corrected chi connectivity index (χ0v) is 12.5. The van der Waals surface area contributed by atoms with Crippen LogP contribution in [0.3, 0.4) is 0 Å². The SMILES string of the molecule is CCN(CC)c1cc[n+](C(=O)c2ccccc2)cc1.[Cl-]. The molecule has 0 spiro atoms. The summed E-state index contributed by atoms with van der Waals surface area (Å²) in [5.41, 5.74) is 1.84. The lowest BCUT2D eigenvalue weighted by atomic mass is 10.2. The molecule has 0 fully saturated rings. The summed E-state index contributed by atoms with van der Waals surface area (Å²) in [6, 6.07) is 13.3. The van der Waals surface area contributed by atoms with Gasteiger partial charge < -0.3 is 17.3 Å². The van der Waals surface area contributed by atoms with E-state index < -0.39 is 0 Å². The molecule has 3 nitrogen and oxygen atoms in total. The molecule has 1 heterocycles. The number of rotatable bonds is 4. The molecule has 0 radical (unpaired) electrons. The van der Waals surface area contributed by atoms with Gasteiger partial charge in [0.1, 0.15) is 0 Å². The van der Waals surface area contributed by atoms with E-state index in [4.69, 9.17) is 0 Å². The van der Waals surface area contributed by atoms with Gasteiger partial charge in [-0.05, 0) is 26.0 Å². The van der Waals surface area contributed by atoms with Crippen LogP contribution in [-0.2, 0) is 0 Å². The lowest BCUT2D eigenvalue weighted by Crippen LogP contribution is -3.00. The van der Waals surface area contributed by atoms with Gasteiger partial charge in [-0.2, -0.15) is 0 Å². The van der Waals surface area contributed by atoms with Crippen molar-refractivity contribution in [3.05, 3.63) is 60.4 Å².